The number of fused-ring (bicyclic) bond motifs is 2. The summed E-state index contributed by atoms with van der Waals surface area (Å²) in [6.07, 6.45) is 0. The van der Waals surface area contributed by atoms with Crippen molar-refractivity contribution in [2.45, 2.75) is 6.04 Å². The third-order valence-electron chi connectivity index (χ3n) is 4.56. The van der Waals surface area contributed by atoms with Gasteiger partial charge in [-0.25, -0.2) is 4.98 Å². The summed E-state index contributed by atoms with van der Waals surface area (Å²) in [7, 11) is 0. The Bertz CT molecular complexity index is 1160. The number of aromatic nitrogens is 2. The van der Waals surface area contributed by atoms with Gasteiger partial charge in [-0.15, -0.1) is 11.3 Å². The second-order valence-corrected chi connectivity index (χ2v) is 7.15. The van der Waals surface area contributed by atoms with Gasteiger partial charge in [0.15, 0.2) is 0 Å². The van der Waals surface area contributed by atoms with Crippen LogP contribution in [0.3, 0.4) is 0 Å². The topological polar surface area (TPSA) is 86.9 Å². The van der Waals surface area contributed by atoms with E-state index in [0.717, 1.165) is 32.9 Å². The molecule has 2 aromatic carbocycles. The predicted octanol–water partition coefficient (Wildman–Crippen LogP) is 3.71. The summed E-state index contributed by atoms with van der Waals surface area (Å²) in [5.41, 5.74) is 3.68. The Morgan fingerprint density at radius 1 is 1.11 bits per heavy atom. The molecule has 0 saturated heterocycles. The molecule has 0 bridgehead atoms. The zero-order chi connectivity index (χ0) is 18.4. The minimum Gasteiger partial charge on any atom is -0.353 e. The van der Waals surface area contributed by atoms with Crippen LogP contribution in [-0.2, 0) is 4.79 Å². The number of anilines is 1. The summed E-state index contributed by atoms with van der Waals surface area (Å²) in [6, 6.07) is 16.6. The highest BCUT2D eigenvalue weighted by molar-refractivity contribution is 7.13. The molecule has 1 unspecified atom stereocenters. The van der Waals surface area contributed by atoms with Gasteiger partial charge in [0.2, 0.25) is 0 Å². The maximum atomic E-state index is 12.6. The van der Waals surface area contributed by atoms with Crippen LogP contribution in [0.2, 0.25) is 0 Å². The van der Waals surface area contributed by atoms with Gasteiger partial charge in [-0.2, -0.15) is 0 Å². The first-order valence-electron chi connectivity index (χ1n) is 8.43. The van der Waals surface area contributed by atoms with Crippen molar-refractivity contribution in [2.24, 2.45) is 0 Å². The number of thiazole rings is 1. The van der Waals surface area contributed by atoms with E-state index in [2.05, 4.69) is 20.6 Å². The van der Waals surface area contributed by atoms with E-state index in [1.807, 2.05) is 54.6 Å². The van der Waals surface area contributed by atoms with Crippen LogP contribution in [0.25, 0.3) is 21.6 Å². The lowest BCUT2D eigenvalue weighted by Crippen LogP contribution is -2.33. The highest BCUT2D eigenvalue weighted by Crippen LogP contribution is 2.31. The van der Waals surface area contributed by atoms with Crippen LogP contribution in [0.5, 0.6) is 0 Å². The molecule has 0 spiro atoms. The molecule has 27 heavy (non-hydrogen) atoms. The number of aromatic amines is 1. The van der Waals surface area contributed by atoms with Crippen LogP contribution < -0.4 is 10.6 Å². The Morgan fingerprint density at radius 2 is 1.93 bits per heavy atom. The lowest BCUT2D eigenvalue weighted by atomic mass is 10.1. The predicted molar refractivity (Wildman–Crippen MR) is 105 cm³/mol. The van der Waals surface area contributed by atoms with Crippen LogP contribution in [0.1, 0.15) is 22.1 Å². The third kappa shape index (κ3) is 2.69. The molecule has 7 heteroatoms. The van der Waals surface area contributed by atoms with E-state index in [-0.39, 0.29) is 11.8 Å². The number of hydrogen-bond acceptors (Lipinski definition) is 4. The molecule has 1 aliphatic rings. The average Bonchev–Trinajstić information content (AvgIpc) is 3.38. The third-order valence-corrected chi connectivity index (χ3v) is 5.44. The Kier molecular flexibility index (Phi) is 3.54. The van der Waals surface area contributed by atoms with Crippen molar-refractivity contribution in [3.8, 4) is 10.7 Å². The Labute approximate surface area is 158 Å². The minimum absolute atomic E-state index is 0.240. The molecule has 0 fully saturated rings. The number of benzene rings is 2. The number of amides is 2. The van der Waals surface area contributed by atoms with Crippen LogP contribution in [0.4, 0.5) is 5.69 Å². The molecular weight excluding hydrogens is 360 g/mol. The summed E-state index contributed by atoms with van der Waals surface area (Å²) in [6.45, 7) is 0. The number of rotatable bonds is 3. The number of carbonyl (C=O) groups excluding carboxylic acids is 2. The highest BCUT2D eigenvalue weighted by Gasteiger charge is 2.32. The fraction of sp³-hybridized carbons (Fsp3) is 0.0500. The Hall–Kier alpha value is -3.45. The zero-order valence-electron chi connectivity index (χ0n) is 14.0. The molecule has 0 saturated carbocycles. The normalized spacial score (nSPS) is 15.6. The quantitative estimate of drug-likeness (QED) is 0.511. The second kappa shape index (κ2) is 6.07. The van der Waals surface area contributed by atoms with Crippen LogP contribution in [0.15, 0.2) is 60.0 Å². The summed E-state index contributed by atoms with van der Waals surface area (Å²) < 4.78 is 0. The molecule has 0 aliphatic carbocycles. The molecule has 5 rings (SSSR count). The molecule has 0 radical (unpaired) electrons. The first-order chi connectivity index (χ1) is 13.2. The van der Waals surface area contributed by atoms with Crippen molar-refractivity contribution < 1.29 is 9.59 Å². The molecule has 6 nitrogen and oxygen atoms in total. The molecule has 1 atom stereocenters. The van der Waals surface area contributed by atoms with E-state index in [0.29, 0.717) is 5.69 Å². The second-order valence-electron chi connectivity index (χ2n) is 6.29. The van der Waals surface area contributed by atoms with Crippen molar-refractivity contribution in [1.29, 1.82) is 0 Å². The fourth-order valence-corrected chi connectivity index (χ4v) is 4.02. The molecule has 2 aromatic heterocycles. The largest absolute Gasteiger partial charge is 0.353 e. The maximum Gasteiger partial charge on any atom is 0.271 e. The van der Waals surface area contributed by atoms with Gasteiger partial charge in [-0.3, -0.25) is 9.59 Å². The van der Waals surface area contributed by atoms with E-state index in [1.54, 1.807) is 5.38 Å². The van der Waals surface area contributed by atoms with Crippen molar-refractivity contribution >= 4 is 39.7 Å². The standard InChI is InChI=1S/C20H14N4O2S/c25-18(24-17-12-6-2-4-8-14(12)22-19(17)26)16-10-27-20(23-16)15-9-11-5-1-3-7-13(11)21-15/h1-10,17,21H,(H,22,26)(H,24,25). The lowest BCUT2D eigenvalue weighted by Gasteiger charge is -2.10. The fourth-order valence-electron chi connectivity index (χ4n) is 3.25. The van der Waals surface area contributed by atoms with Gasteiger partial charge in [0.1, 0.15) is 16.7 Å². The summed E-state index contributed by atoms with van der Waals surface area (Å²) in [4.78, 5) is 32.5. The smallest absolute Gasteiger partial charge is 0.271 e. The van der Waals surface area contributed by atoms with Gasteiger partial charge >= 0.3 is 0 Å². The number of nitrogens with zero attached hydrogens (tertiary/aromatic N) is 1. The SMILES string of the molecule is O=C(NC1C(=O)Nc2ccccc21)c1csc(-c2cc3ccccc3[nH]2)n1. The van der Waals surface area contributed by atoms with E-state index in [4.69, 9.17) is 0 Å². The number of para-hydroxylation sites is 2. The maximum absolute atomic E-state index is 12.6. The zero-order valence-corrected chi connectivity index (χ0v) is 14.8. The first kappa shape index (κ1) is 15.8. The van der Waals surface area contributed by atoms with Crippen molar-refractivity contribution in [3.05, 3.63) is 71.2 Å². The van der Waals surface area contributed by atoms with Gasteiger partial charge in [0, 0.05) is 27.5 Å². The molecule has 4 aromatic rings. The number of carbonyl (C=O) groups is 2. The number of nitrogens with one attached hydrogen (secondary N) is 3. The van der Waals surface area contributed by atoms with Crippen molar-refractivity contribution in [2.75, 3.05) is 5.32 Å². The van der Waals surface area contributed by atoms with E-state index >= 15 is 0 Å². The molecule has 1 aliphatic heterocycles. The van der Waals surface area contributed by atoms with Gasteiger partial charge in [0.05, 0.1) is 5.69 Å². The summed E-state index contributed by atoms with van der Waals surface area (Å²) >= 11 is 1.39. The van der Waals surface area contributed by atoms with E-state index < -0.39 is 6.04 Å². The van der Waals surface area contributed by atoms with Gasteiger partial charge < -0.3 is 15.6 Å². The summed E-state index contributed by atoms with van der Waals surface area (Å²) in [5.74, 6) is -0.610. The average molecular weight is 374 g/mol. The number of hydrogen-bond donors (Lipinski definition) is 3. The Morgan fingerprint density at radius 3 is 2.81 bits per heavy atom. The molecular formula is C20H14N4O2S. The lowest BCUT2D eigenvalue weighted by molar-refractivity contribution is -0.117. The van der Waals surface area contributed by atoms with Gasteiger partial charge in [-0.05, 0) is 18.2 Å². The Balaban J connectivity index is 1.40. The van der Waals surface area contributed by atoms with E-state index in [1.165, 1.54) is 11.3 Å². The first-order valence-corrected chi connectivity index (χ1v) is 9.31. The van der Waals surface area contributed by atoms with Crippen LogP contribution in [0, 0.1) is 0 Å². The molecule has 3 N–H and O–H groups in total. The van der Waals surface area contributed by atoms with Crippen LogP contribution >= 0.6 is 11.3 Å². The molecule has 132 valence electrons. The number of H-pyrrole nitrogens is 1. The molecule has 3 heterocycles. The van der Waals surface area contributed by atoms with Crippen molar-refractivity contribution in [3.63, 3.8) is 0 Å². The van der Waals surface area contributed by atoms with Gasteiger partial charge in [-0.1, -0.05) is 36.4 Å². The van der Waals surface area contributed by atoms with Crippen LogP contribution in [-0.4, -0.2) is 21.8 Å². The minimum atomic E-state index is -0.702. The highest BCUT2D eigenvalue weighted by atomic mass is 32.1. The van der Waals surface area contributed by atoms with Gasteiger partial charge in [0.25, 0.3) is 11.8 Å². The monoisotopic (exact) mass is 374 g/mol. The van der Waals surface area contributed by atoms with Crippen molar-refractivity contribution in [1.82, 2.24) is 15.3 Å². The van der Waals surface area contributed by atoms with E-state index in [9.17, 15) is 9.59 Å². The molecule has 2 amide bonds. The summed E-state index contributed by atoms with van der Waals surface area (Å²) in [5, 5.41) is 9.07.